The molecule has 1 aromatic heterocycles. The van der Waals surface area contributed by atoms with E-state index in [0.29, 0.717) is 35.1 Å². The van der Waals surface area contributed by atoms with Gasteiger partial charge in [-0.25, -0.2) is 14.8 Å². The molecule has 0 aliphatic rings. The fraction of sp³-hybridized carbons (Fsp3) is 0.667. The van der Waals surface area contributed by atoms with E-state index >= 15 is 0 Å². The number of thioether (sulfide) groups is 1. The van der Waals surface area contributed by atoms with Gasteiger partial charge in [0.25, 0.3) is 0 Å². The Labute approximate surface area is 130 Å². The molecule has 118 valence electrons. The van der Waals surface area contributed by atoms with Gasteiger partial charge in [0, 0.05) is 11.7 Å². The van der Waals surface area contributed by atoms with Gasteiger partial charge in [-0.05, 0) is 19.8 Å². The second kappa shape index (κ2) is 7.22. The molecule has 0 saturated carbocycles. The first kappa shape index (κ1) is 17.9. The zero-order valence-corrected chi connectivity index (χ0v) is 14.1. The number of carboxylic acids is 1. The van der Waals surface area contributed by atoms with Crippen molar-refractivity contribution in [3.05, 3.63) is 17.1 Å². The molecule has 0 atom stereocenters. The van der Waals surface area contributed by atoms with E-state index in [-0.39, 0.29) is 11.5 Å². The molecule has 0 amide bonds. The van der Waals surface area contributed by atoms with Gasteiger partial charge in [-0.15, -0.1) is 11.8 Å². The van der Waals surface area contributed by atoms with E-state index < -0.39 is 11.6 Å². The van der Waals surface area contributed by atoms with Gasteiger partial charge in [-0.3, -0.25) is 0 Å². The largest absolute Gasteiger partial charge is 0.478 e. The van der Waals surface area contributed by atoms with Crippen LogP contribution in [0.3, 0.4) is 0 Å². The van der Waals surface area contributed by atoms with Crippen molar-refractivity contribution in [2.45, 2.75) is 64.0 Å². The normalized spacial score (nSPS) is 12.0. The third-order valence-electron chi connectivity index (χ3n) is 3.60. The Balaban J connectivity index is 3.16. The maximum Gasteiger partial charge on any atom is 0.340 e. The number of aromatic carboxylic acids is 1. The lowest BCUT2D eigenvalue weighted by Gasteiger charge is -2.24. The van der Waals surface area contributed by atoms with Crippen LogP contribution in [-0.2, 0) is 0 Å². The molecule has 2 N–H and O–H groups in total. The number of aliphatic hydroxyl groups is 1. The van der Waals surface area contributed by atoms with E-state index in [1.807, 2.05) is 27.7 Å². The highest BCUT2D eigenvalue weighted by Gasteiger charge is 2.26. The lowest BCUT2D eigenvalue weighted by Crippen LogP contribution is -2.29. The van der Waals surface area contributed by atoms with Crippen LogP contribution in [0.15, 0.2) is 5.03 Å². The van der Waals surface area contributed by atoms with Crippen molar-refractivity contribution in [3.63, 3.8) is 0 Å². The summed E-state index contributed by atoms with van der Waals surface area (Å²) in [6.45, 7) is 9.48. The van der Waals surface area contributed by atoms with Gasteiger partial charge in [0.2, 0.25) is 0 Å². The highest BCUT2D eigenvalue weighted by atomic mass is 32.2. The predicted molar refractivity (Wildman–Crippen MR) is 84.1 cm³/mol. The number of nitrogens with zero attached hydrogens (tertiary/aromatic N) is 2. The minimum absolute atomic E-state index is 0.127. The van der Waals surface area contributed by atoms with Crippen LogP contribution in [0.25, 0.3) is 0 Å². The van der Waals surface area contributed by atoms with Crippen molar-refractivity contribution < 1.29 is 15.0 Å². The van der Waals surface area contributed by atoms with Gasteiger partial charge in [0.15, 0.2) is 0 Å². The lowest BCUT2D eigenvalue weighted by molar-refractivity contribution is 0.0570. The van der Waals surface area contributed by atoms with E-state index in [4.69, 9.17) is 0 Å². The van der Waals surface area contributed by atoms with Crippen molar-refractivity contribution in [1.29, 1.82) is 0 Å². The summed E-state index contributed by atoms with van der Waals surface area (Å²) in [6, 6.07) is 0. The van der Waals surface area contributed by atoms with E-state index in [9.17, 15) is 15.0 Å². The second-order valence-corrected chi connectivity index (χ2v) is 6.49. The third kappa shape index (κ3) is 4.41. The maximum absolute atomic E-state index is 11.4. The molecule has 0 spiro atoms. The van der Waals surface area contributed by atoms with Gasteiger partial charge in [0.05, 0.1) is 11.3 Å². The lowest BCUT2D eigenvalue weighted by atomic mass is 10.0. The molecule has 0 radical (unpaired) electrons. The average molecular weight is 312 g/mol. The standard InChI is InChI=1S/C15H24N2O3S/c1-6-15(20,7-2)8-21-13-11(14(18)19)10(5)16-12(17-13)9(3)4/h9,20H,6-8H2,1-5H3,(H,18,19). The van der Waals surface area contributed by atoms with Crippen molar-refractivity contribution in [2.75, 3.05) is 5.75 Å². The van der Waals surface area contributed by atoms with Gasteiger partial charge in [-0.1, -0.05) is 27.7 Å². The zero-order valence-electron chi connectivity index (χ0n) is 13.3. The van der Waals surface area contributed by atoms with Crippen LogP contribution < -0.4 is 0 Å². The first-order chi connectivity index (χ1) is 9.74. The van der Waals surface area contributed by atoms with E-state index in [2.05, 4.69) is 9.97 Å². The van der Waals surface area contributed by atoms with Crippen LogP contribution in [0.2, 0.25) is 0 Å². The summed E-state index contributed by atoms with van der Waals surface area (Å²) in [5, 5.41) is 20.2. The van der Waals surface area contributed by atoms with Gasteiger partial charge < -0.3 is 10.2 Å². The molecule has 1 aromatic rings. The molecule has 1 heterocycles. The molecule has 0 saturated heterocycles. The summed E-state index contributed by atoms with van der Waals surface area (Å²) in [7, 11) is 0. The number of rotatable bonds is 7. The molecule has 5 nitrogen and oxygen atoms in total. The smallest absolute Gasteiger partial charge is 0.340 e. The third-order valence-corrected chi connectivity index (χ3v) is 4.85. The monoisotopic (exact) mass is 312 g/mol. The highest BCUT2D eigenvalue weighted by molar-refractivity contribution is 7.99. The van der Waals surface area contributed by atoms with Crippen LogP contribution in [0.1, 0.15) is 68.3 Å². The summed E-state index contributed by atoms with van der Waals surface area (Å²) in [5.74, 6) is 0.161. The predicted octanol–water partition coefficient (Wildman–Crippen LogP) is 3.25. The zero-order chi connectivity index (χ0) is 16.2. The molecular weight excluding hydrogens is 288 g/mol. The molecule has 0 aromatic carbocycles. The summed E-state index contributed by atoms with van der Waals surface area (Å²) >= 11 is 1.30. The minimum Gasteiger partial charge on any atom is -0.478 e. The maximum atomic E-state index is 11.4. The molecule has 6 heteroatoms. The van der Waals surface area contributed by atoms with E-state index in [1.165, 1.54) is 11.8 Å². The Morgan fingerprint density at radius 3 is 2.29 bits per heavy atom. The van der Waals surface area contributed by atoms with Gasteiger partial charge >= 0.3 is 5.97 Å². The summed E-state index contributed by atoms with van der Waals surface area (Å²) < 4.78 is 0. The molecule has 0 aliphatic heterocycles. The van der Waals surface area contributed by atoms with Crippen molar-refractivity contribution in [3.8, 4) is 0 Å². The van der Waals surface area contributed by atoms with Crippen molar-refractivity contribution in [1.82, 2.24) is 9.97 Å². The van der Waals surface area contributed by atoms with Gasteiger partial charge in [-0.2, -0.15) is 0 Å². The Bertz CT molecular complexity index is 514. The topological polar surface area (TPSA) is 83.3 Å². The van der Waals surface area contributed by atoms with E-state index in [1.54, 1.807) is 6.92 Å². The van der Waals surface area contributed by atoms with Crippen LogP contribution in [-0.4, -0.2) is 37.5 Å². The quantitative estimate of drug-likeness (QED) is 0.594. The van der Waals surface area contributed by atoms with Gasteiger partial charge in [0.1, 0.15) is 16.4 Å². The number of hydrogen-bond donors (Lipinski definition) is 2. The Kier molecular flexibility index (Phi) is 6.16. The fourth-order valence-electron chi connectivity index (χ4n) is 1.83. The molecule has 0 bridgehead atoms. The molecule has 0 aliphatic carbocycles. The first-order valence-electron chi connectivity index (χ1n) is 7.21. The Morgan fingerprint density at radius 2 is 1.86 bits per heavy atom. The van der Waals surface area contributed by atoms with Crippen LogP contribution in [0.5, 0.6) is 0 Å². The number of aryl methyl sites for hydroxylation is 1. The minimum atomic E-state index is -1.03. The van der Waals surface area contributed by atoms with Crippen LogP contribution in [0, 0.1) is 6.92 Å². The van der Waals surface area contributed by atoms with Crippen LogP contribution in [0.4, 0.5) is 0 Å². The first-order valence-corrected chi connectivity index (χ1v) is 8.19. The number of aromatic nitrogens is 2. The van der Waals surface area contributed by atoms with Crippen molar-refractivity contribution in [2.24, 2.45) is 0 Å². The summed E-state index contributed by atoms with van der Waals surface area (Å²) in [6.07, 6.45) is 1.25. The number of hydrogen-bond acceptors (Lipinski definition) is 5. The second-order valence-electron chi connectivity index (χ2n) is 5.53. The summed E-state index contributed by atoms with van der Waals surface area (Å²) in [4.78, 5) is 20.1. The summed E-state index contributed by atoms with van der Waals surface area (Å²) in [5.41, 5.74) is -0.184. The Hall–Kier alpha value is -1.14. The molecular formula is C15H24N2O3S. The average Bonchev–Trinajstić information content (AvgIpc) is 2.43. The molecule has 21 heavy (non-hydrogen) atoms. The van der Waals surface area contributed by atoms with Crippen LogP contribution >= 0.6 is 11.8 Å². The number of carbonyl (C=O) groups is 1. The molecule has 0 unspecified atom stereocenters. The van der Waals surface area contributed by atoms with E-state index in [0.717, 1.165) is 0 Å². The SMILES string of the molecule is CCC(O)(CC)CSc1nc(C(C)C)nc(C)c1C(=O)O. The highest BCUT2D eigenvalue weighted by Crippen LogP contribution is 2.30. The van der Waals surface area contributed by atoms with Crippen molar-refractivity contribution >= 4 is 17.7 Å². The number of carboxylic acid groups (broad SMARTS) is 1. The molecule has 1 rings (SSSR count). The molecule has 0 fully saturated rings. The Morgan fingerprint density at radius 1 is 1.29 bits per heavy atom. The fourth-order valence-corrected chi connectivity index (χ4v) is 3.18.